The standard InChI is InChI=1S/C18H26ClN5OS/c1-3-20-18(21-10-4-5-12-26-2)22-11-9-16-23-17(24-25-16)14-7-6-8-15(19)13-14/h6-8,13H,3-5,9-12H2,1-2H3,(H2,20,21,22). The molecule has 0 aliphatic rings. The van der Waals surface area contributed by atoms with Crippen molar-refractivity contribution in [1.82, 2.24) is 20.8 Å². The molecule has 0 aliphatic heterocycles. The monoisotopic (exact) mass is 395 g/mol. The first-order valence-electron chi connectivity index (χ1n) is 8.82. The highest BCUT2D eigenvalue weighted by Gasteiger charge is 2.09. The third-order valence-corrected chi connectivity index (χ3v) is 4.48. The van der Waals surface area contributed by atoms with E-state index in [-0.39, 0.29) is 0 Å². The summed E-state index contributed by atoms with van der Waals surface area (Å²) in [5.74, 6) is 3.15. The van der Waals surface area contributed by atoms with E-state index in [4.69, 9.17) is 16.1 Å². The van der Waals surface area contributed by atoms with Gasteiger partial charge in [0.1, 0.15) is 0 Å². The minimum Gasteiger partial charge on any atom is -0.357 e. The van der Waals surface area contributed by atoms with Crippen molar-refractivity contribution in [2.45, 2.75) is 26.2 Å². The fourth-order valence-corrected chi connectivity index (χ4v) is 2.96. The van der Waals surface area contributed by atoms with Gasteiger partial charge < -0.3 is 15.2 Å². The molecule has 0 fully saturated rings. The SMILES string of the molecule is CCNC(=NCCCCSC)NCCc1nc(-c2cccc(Cl)c2)no1. The van der Waals surface area contributed by atoms with Gasteiger partial charge in [0.2, 0.25) is 11.7 Å². The Kier molecular flexibility index (Phi) is 9.34. The van der Waals surface area contributed by atoms with Crippen LogP contribution in [0.5, 0.6) is 0 Å². The lowest BCUT2D eigenvalue weighted by Gasteiger charge is -2.10. The number of aliphatic imine (C=N–C) groups is 1. The molecular formula is C18H26ClN5OS. The molecule has 0 saturated carbocycles. The van der Waals surface area contributed by atoms with Crippen LogP contribution in [0.2, 0.25) is 5.02 Å². The normalized spacial score (nSPS) is 11.6. The first-order valence-corrected chi connectivity index (χ1v) is 10.6. The molecule has 0 atom stereocenters. The van der Waals surface area contributed by atoms with Gasteiger partial charge in [-0.25, -0.2) is 0 Å². The Labute approximate surface area is 164 Å². The summed E-state index contributed by atoms with van der Waals surface area (Å²) in [6, 6.07) is 7.42. The molecule has 142 valence electrons. The summed E-state index contributed by atoms with van der Waals surface area (Å²) >= 11 is 7.87. The maximum atomic E-state index is 6.00. The third kappa shape index (κ3) is 7.25. The molecule has 6 nitrogen and oxygen atoms in total. The number of unbranched alkanes of at least 4 members (excludes halogenated alkanes) is 1. The summed E-state index contributed by atoms with van der Waals surface area (Å²) in [5, 5.41) is 11.2. The molecule has 0 saturated heterocycles. The molecule has 0 amide bonds. The fraction of sp³-hybridized carbons (Fsp3) is 0.500. The maximum absolute atomic E-state index is 6.00. The van der Waals surface area contributed by atoms with Crippen molar-refractivity contribution >= 4 is 29.3 Å². The second kappa shape index (κ2) is 11.8. The number of halogens is 1. The predicted octanol–water partition coefficient (Wildman–Crippen LogP) is 3.63. The number of hydrogen-bond donors (Lipinski definition) is 2. The number of hydrogen-bond acceptors (Lipinski definition) is 5. The largest absolute Gasteiger partial charge is 0.357 e. The Morgan fingerprint density at radius 2 is 2.19 bits per heavy atom. The molecule has 0 unspecified atom stereocenters. The van der Waals surface area contributed by atoms with Crippen LogP contribution in [0.3, 0.4) is 0 Å². The molecule has 0 bridgehead atoms. The van der Waals surface area contributed by atoms with E-state index in [9.17, 15) is 0 Å². The van der Waals surface area contributed by atoms with E-state index in [1.54, 1.807) is 0 Å². The minimum atomic E-state index is 0.553. The van der Waals surface area contributed by atoms with Gasteiger partial charge in [0.15, 0.2) is 5.96 Å². The molecule has 1 aromatic heterocycles. The van der Waals surface area contributed by atoms with Gasteiger partial charge in [-0.3, -0.25) is 4.99 Å². The van der Waals surface area contributed by atoms with Crippen molar-refractivity contribution < 1.29 is 4.52 Å². The van der Waals surface area contributed by atoms with Crippen molar-refractivity contribution in [3.8, 4) is 11.4 Å². The molecule has 0 spiro atoms. The lowest BCUT2D eigenvalue weighted by molar-refractivity contribution is 0.378. The lowest BCUT2D eigenvalue weighted by atomic mass is 10.2. The van der Waals surface area contributed by atoms with E-state index in [2.05, 4.69) is 38.9 Å². The van der Waals surface area contributed by atoms with Gasteiger partial charge in [-0.05, 0) is 43.9 Å². The molecule has 2 N–H and O–H groups in total. The first kappa shape index (κ1) is 20.6. The van der Waals surface area contributed by atoms with Crippen LogP contribution >= 0.6 is 23.4 Å². The van der Waals surface area contributed by atoms with E-state index in [0.29, 0.717) is 29.7 Å². The summed E-state index contributed by atoms with van der Waals surface area (Å²) in [7, 11) is 0. The zero-order valence-corrected chi connectivity index (χ0v) is 16.9. The summed E-state index contributed by atoms with van der Waals surface area (Å²) in [5.41, 5.74) is 0.848. The number of nitrogens with zero attached hydrogens (tertiary/aromatic N) is 3. The van der Waals surface area contributed by atoms with Crippen molar-refractivity contribution in [2.24, 2.45) is 4.99 Å². The zero-order chi connectivity index (χ0) is 18.6. The van der Waals surface area contributed by atoms with Crippen molar-refractivity contribution in [3.63, 3.8) is 0 Å². The molecule has 0 aliphatic carbocycles. The van der Waals surface area contributed by atoms with Crippen LogP contribution in [0.4, 0.5) is 0 Å². The van der Waals surface area contributed by atoms with Crippen molar-refractivity contribution in [3.05, 3.63) is 35.2 Å². The minimum absolute atomic E-state index is 0.553. The maximum Gasteiger partial charge on any atom is 0.228 e. The van der Waals surface area contributed by atoms with Gasteiger partial charge in [0.25, 0.3) is 0 Å². The van der Waals surface area contributed by atoms with E-state index >= 15 is 0 Å². The molecule has 2 rings (SSSR count). The zero-order valence-electron chi connectivity index (χ0n) is 15.3. The van der Waals surface area contributed by atoms with Gasteiger partial charge in [-0.2, -0.15) is 16.7 Å². The Balaban J connectivity index is 1.81. The average molecular weight is 396 g/mol. The number of aromatic nitrogens is 2. The molecule has 8 heteroatoms. The van der Waals surface area contributed by atoms with E-state index in [0.717, 1.165) is 31.0 Å². The Morgan fingerprint density at radius 3 is 2.96 bits per heavy atom. The third-order valence-electron chi connectivity index (χ3n) is 3.55. The second-order valence-corrected chi connectivity index (χ2v) is 7.08. The molecular weight excluding hydrogens is 370 g/mol. The Bertz CT molecular complexity index is 692. The van der Waals surface area contributed by atoms with E-state index in [1.165, 1.54) is 12.2 Å². The van der Waals surface area contributed by atoms with Crippen LogP contribution in [0.15, 0.2) is 33.8 Å². The molecule has 1 heterocycles. The van der Waals surface area contributed by atoms with Gasteiger partial charge in [0, 0.05) is 36.6 Å². The summed E-state index contributed by atoms with van der Waals surface area (Å²) in [4.78, 5) is 9.00. The topological polar surface area (TPSA) is 75.3 Å². The van der Waals surface area contributed by atoms with Crippen molar-refractivity contribution in [2.75, 3.05) is 31.6 Å². The predicted molar refractivity (Wildman–Crippen MR) is 110 cm³/mol. The van der Waals surface area contributed by atoms with Gasteiger partial charge in [-0.1, -0.05) is 28.9 Å². The highest BCUT2D eigenvalue weighted by atomic mass is 35.5. The Morgan fingerprint density at radius 1 is 1.31 bits per heavy atom. The number of nitrogens with one attached hydrogen (secondary N) is 2. The first-order chi connectivity index (χ1) is 12.7. The van der Waals surface area contributed by atoms with Gasteiger partial charge in [0.05, 0.1) is 0 Å². The number of guanidine groups is 1. The van der Waals surface area contributed by atoms with Crippen LogP contribution in [-0.4, -0.2) is 47.7 Å². The smallest absolute Gasteiger partial charge is 0.228 e. The second-order valence-electron chi connectivity index (χ2n) is 5.66. The highest BCUT2D eigenvalue weighted by Crippen LogP contribution is 2.19. The van der Waals surface area contributed by atoms with Crippen LogP contribution in [-0.2, 0) is 6.42 Å². The van der Waals surface area contributed by atoms with Crippen molar-refractivity contribution in [1.29, 1.82) is 0 Å². The van der Waals surface area contributed by atoms with Gasteiger partial charge >= 0.3 is 0 Å². The summed E-state index contributed by atoms with van der Waals surface area (Å²) in [6.07, 6.45) is 5.05. The van der Waals surface area contributed by atoms with Crippen LogP contribution < -0.4 is 10.6 Å². The lowest BCUT2D eigenvalue weighted by Crippen LogP contribution is -2.38. The van der Waals surface area contributed by atoms with E-state index < -0.39 is 0 Å². The molecule has 2 aromatic rings. The fourth-order valence-electron chi connectivity index (χ4n) is 2.28. The van der Waals surface area contributed by atoms with Crippen LogP contribution in [0, 0.1) is 0 Å². The quantitative estimate of drug-likeness (QED) is 0.363. The number of benzene rings is 1. The van der Waals surface area contributed by atoms with Gasteiger partial charge in [-0.15, -0.1) is 0 Å². The number of rotatable bonds is 10. The number of thioether (sulfide) groups is 1. The summed E-state index contributed by atoms with van der Waals surface area (Å²) < 4.78 is 5.32. The average Bonchev–Trinajstić information content (AvgIpc) is 3.10. The van der Waals surface area contributed by atoms with Crippen LogP contribution in [0.25, 0.3) is 11.4 Å². The Hall–Kier alpha value is -1.73. The molecule has 1 aromatic carbocycles. The van der Waals surface area contributed by atoms with Crippen LogP contribution in [0.1, 0.15) is 25.7 Å². The molecule has 26 heavy (non-hydrogen) atoms. The summed E-state index contributed by atoms with van der Waals surface area (Å²) in [6.45, 7) is 4.39. The molecule has 0 radical (unpaired) electrons. The highest BCUT2D eigenvalue weighted by molar-refractivity contribution is 7.98. The van der Waals surface area contributed by atoms with E-state index in [1.807, 2.05) is 36.0 Å².